The lowest BCUT2D eigenvalue weighted by atomic mass is 9.94. The fraction of sp³-hybridized carbons (Fsp3) is 0.375. The molecule has 0 aliphatic heterocycles. The fourth-order valence-corrected chi connectivity index (χ4v) is 2.82. The number of hydrogen-bond donors (Lipinski definition) is 2. The average molecular weight is 389 g/mol. The number of aromatic nitrogens is 2. The van der Waals surface area contributed by atoms with Crippen LogP contribution in [0.25, 0.3) is 0 Å². The van der Waals surface area contributed by atoms with Gasteiger partial charge in [-0.25, -0.2) is 14.2 Å². The second kappa shape index (κ2) is 7.20. The number of hydrogen-bond acceptors (Lipinski definition) is 5. The third kappa shape index (κ3) is 4.13. The van der Waals surface area contributed by atoms with Crippen molar-refractivity contribution in [3.8, 4) is 5.75 Å². The number of methoxy groups -OCH3 is 1. The first-order valence-electron chi connectivity index (χ1n) is 7.43. The van der Waals surface area contributed by atoms with E-state index < -0.39 is 33.4 Å². The first kappa shape index (κ1) is 20.1. The van der Waals surface area contributed by atoms with Crippen LogP contribution in [-0.2, 0) is 28.4 Å². The van der Waals surface area contributed by atoms with Crippen molar-refractivity contribution >= 4 is 16.9 Å². The Hall–Kier alpha value is -2.20. The van der Waals surface area contributed by atoms with E-state index in [4.69, 9.17) is 10.5 Å². The molecule has 142 valence electrons. The molecule has 0 radical (unpaired) electrons. The predicted molar refractivity (Wildman–Crippen MR) is 91.0 cm³/mol. The van der Waals surface area contributed by atoms with Crippen molar-refractivity contribution in [2.75, 3.05) is 12.8 Å². The lowest BCUT2D eigenvalue weighted by Crippen LogP contribution is -2.25. The Morgan fingerprint density at radius 2 is 1.92 bits per heavy atom. The topological polar surface area (TPSA) is 98.3 Å². The Balaban J connectivity index is 2.49. The van der Waals surface area contributed by atoms with Crippen molar-refractivity contribution in [2.45, 2.75) is 31.2 Å². The molecule has 1 heterocycles. The van der Waals surface area contributed by atoms with Gasteiger partial charge in [0.1, 0.15) is 23.0 Å². The molecule has 10 heteroatoms. The van der Waals surface area contributed by atoms with E-state index >= 15 is 0 Å². The zero-order valence-electron chi connectivity index (χ0n) is 14.3. The van der Waals surface area contributed by atoms with Gasteiger partial charge in [-0.2, -0.15) is 13.2 Å². The number of nitrogens with zero attached hydrogens (tertiary/aromatic N) is 2. The summed E-state index contributed by atoms with van der Waals surface area (Å²) < 4.78 is 63.7. The van der Waals surface area contributed by atoms with E-state index in [9.17, 15) is 21.9 Å². The molecule has 1 atom stereocenters. The molecular formula is C16H18F3N3O3S. The zero-order chi connectivity index (χ0) is 19.7. The summed E-state index contributed by atoms with van der Waals surface area (Å²) >= 11 is -2.18. The van der Waals surface area contributed by atoms with Crippen LogP contribution >= 0.6 is 0 Å². The number of anilines is 1. The maximum atomic E-state index is 12.8. The van der Waals surface area contributed by atoms with Gasteiger partial charge in [0, 0.05) is 12.6 Å². The van der Waals surface area contributed by atoms with Gasteiger partial charge in [0.15, 0.2) is 11.1 Å². The zero-order valence-corrected chi connectivity index (χ0v) is 15.1. The summed E-state index contributed by atoms with van der Waals surface area (Å²) in [5, 5.41) is 0. The quantitative estimate of drug-likeness (QED) is 0.763. The molecule has 2 aromatic rings. The van der Waals surface area contributed by atoms with Gasteiger partial charge in [-0.1, -0.05) is 6.07 Å². The highest BCUT2D eigenvalue weighted by atomic mass is 32.2. The van der Waals surface area contributed by atoms with Crippen molar-refractivity contribution < 1.29 is 26.7 Å². The molecule has 2 rings (SSSR count). The highest BCUT2D eigenvalue weighted by molar-refractivity contribution is 7.80. The molecule has 0 aliphatic carbocycles. The SMILES string of the molecule is COc1ccc(C(C)(C)S(=O)O)c(Cc2ncc(C(F)(F)F)c(N)n2)c1. The summed E-state index contributed by atoms with van der Waals surface area (Å²) in [4.78, 5) is 7.46. The minimum absolute atomic E-state index is 0.0233. The molecule has 0 amide bonds. The van der Waals surface area contributed by atoms with Gasteiger partial charge in [0.05, 0.1) is 11.9 Å². The Morgan fingerprint density at radius 1 is 1.27 bits per heavy atom. The Morgan fingerprint density at radius 3 is 2.42 bits per heavy atom. The molecule has 1 aromatic heterocycles. The highest BCUT2D eigenvalue weighted by Gasteiger charge is 2.35. The van der Waals surface area contributed by atoms with Crippen molar-refractivity contribution in [2.24, 2.45) is 0 Å². The Labute approximate surface area is 150 Å². The van der Waals surface area contributed by atoms with Crippen LogP contribution in [0.2, 0.25) is 0 Å². The average Bonchev–Trinajstić information content (AvgIpc) is 2.53. The Kier molecular flexibility index (Phi) is 5.57. The molecule has 26 heavy (non-hydrogen) atoms. The lowest BCUT2D eigenvalue weighted by molar-refractivity contribution is -0.137. The van der Waals surface area contributed by atoms with Crippen LogP contribution in [0.4, 0.5) is 19.0 Å². The number of halogens is 3. The van der Waals surface area contributed by atoms with Gasteiger partial charge < -0.3 is 15.0 Å². The van der Waals surface area contributed by atoms with Crippen LogP contribution in [0.5, 0.6) is 5.75 Å². The molecule has 0 fully saturated rings. The number of benzene rings is 1. The van der Waals surface area contributed by atoms with Crippen molar-refractivity contribution in [3.05, 3.63) is 46.9 Å². The van der Waals surface area contributed by atoms with Gasteiger partial charge in [0.2, 0.25) is 0 Å². The molecule has 0 spiro atoms. The highest BCUT2D eigenvalue weighted by Crippen LogP contribution is 2.34. The predicted octanol–water partition coefficient (Wildman–Crippen LogP) is 3.13. The molecule has 3 N–H and O–H groups in total. The van der Waals surface area contributed by atoms with Crippen molar-refractivity contribution in [3.63, 3.8) is 0 Å². The minimum Gasteiger partial charge on any atom is -0.497 e. The minimum atomic E-state index is -4.64. The van der Waals surface area contributed by atoms with E-state index in [-0.39, 0.29) is 12.2 Å². The maximum Gasteiger partial charge on any atom is 0.421 e. The van der Waals surface area contributed by atoms with Crippen LogP contribution in [0.15, 0.2) is 24.4 Å². The van der Waals surface area contributed by atoms with E-state index in [1.807, 2.05) is 0 Å². The summed E-state index contributed by atoms with van der Waals surface area (Å²) in [6.07, 6.45) is -3.98. The molecule has 1 unspecified atom stereocenters. The van der Waals surface area contributed by atoms with Crippen LogP contribution < -0.4 is 10.5 Å². The molecule has 6 nitrogen and oxygen atoms in total. The van der Waals surface area contributed by atoms with Gasteiger partial charge in [-0.15, -0.1) is 0 Å². The summed E-state index contributed by atoms with van der Waals surface area (Å²) in [5.41, 5.74) is 5.38. The van der Waals surface area contributed by atoms with Crippen LogP contribution in [-0.4, -0.2) is 25.8 Å². The fourth-order valence-electron chi connectivity index (χ4n) is 2.43. The van der Waals surface area contributed by atoms with Crippen molar-refractivity contribution in [1.82, 2.24) is 9.97 Å². The van der Waals surface area contributed by atoms with Gasteiger partial charge in [-0.3, -0.25) is 0 Å². The van der Waals surface area contributed by atoms with Gasteiger partial charge >= 0.3 is 6.18 Å². The van der Waals surface area contributed by atoms with E-state index in [2.05, 4.69) is 9.97 Å². The monoisotopic (exact) mass is 389 g/mol. The number of rotatable bonds is 5. The third-order valence-electron chi connectivity index (χ3n) is 3.92. The Bertz CT molecular complexity index is 841. The summed E-state index contributed by atoms with van der Waals surface area (Å²) in [6, 6.07) is 4.90. The van der Waals surface area contributed by atoms with Gasteiger partial charge in [-0.05, 0) is 37.1 Å². The molecule has 0 aliphatic rings. The van der Waals surface area contributed by atoms with Crippen LogP contribution in [0, 0.1) is 0 Å². The van der Waals surface area contributed by atoms with E-state index in [1.54, 1.807) is 32.0 Å². The molecule has 0 bridgehead atoms. The maximum absolute atomic E-state index is 12.8. The molecular weight excluding hydrogens is 371 g/mol. The first-order valence-corrected chi connectivity index (χ1v) is 8.54. The van der Waals surface area contributed by atoms with Crippen LogP contribution in [0.1, 0.15) is 36.4 Å². The smallest absolute Gasteiger partial charge is 0.421 e. The first-order chi connectivity index (χ1) is 12.0. The summed E-state index contributed by atoms with van der Waals surface area (Å²) in [6.45, 7) is 3.16. The largest absolute Gasteiger partial charge is 0.497 e. The molecule has 0 saturated heterocycles. The standard InChI is InChI=1S/C16H18F3N3O3S/c1-15(2,26(23)24)11-5-4-10(25-3)6-9(11)7-13-21-8-12(14(20)22-13)16(17,18)19/h4-6,8H,7H2,1-3H3,(H,23,24)(H2,20,21,22). The van der Waals surface area contributed by atoms with E-state index in [0.717, 1.165) is 0 Å². The molecule has 1 aromatic carbocycles. The summed E-state index contributed by atoms with van der Waals surface area (Å²) in [5.74, 6) is -0.121. The number of ether oxygens (including phenoxy) is 1. The van der Waals surface area contributed by atoms with Gasteiger partial charge in [0.25, 0.3) is 0 Å². The number of nitrogen functional groups attached to an aromatic ring is 1. The summed E-state index contributed by atoms with van der Waals surface area (Å²) in [7, 11) is 1.46. The van der Waals surface area contributed by atoms with E-state index in [1.165, 1.54) is 7.11 Å². The molecule has 0 saturated carbocycles. The van der Waals surface area contributed by atoms with Crippen molar-refractivity contribution in [1.29, 1.82) is 0 Å². The number of alkyl halides is 3. The normalized spacial score (nSPS) is 13.5. The second-order valence-electron chi connectivity index (χ2n) is 6.04. The van der Waals surface area contributed by atoms with E-state index in [0.29, 0.717) is 23.1 Å². The third-order valence-corrected chi connectivity index (χ3v) is 5.01. The van der Waals surface area contributed by atoms with Crippen LogP contribution in [0.3, 0.4) is 0 Å². The second-order valence-corrected chi connectivity index (χ2v) is 7.56. The lowest BCUT2D eigenvalue weighted by Gasteiger charge is -2.24. The number of nitrogens with two attached hydrogens (primary N) is 1.